The number of hydrogen-bond donors (Lipinski definition) is 3. The first-order chi connectivity index (χ1) is 6.19. The van der Waals surface area contributed by atoms with E-state index >= 15 is 0 Å². The van der Waals surface area contributed by atoms with Crippen LogP contribution in [0.5, 0.6) is 0 Å². The molecule has 0 heterocycles. The third kappa shape index (κ3) is 22.4. The lowest BCUT2D eigenvalue weighted by molar-refractivity contribution is -0.134. The molecular weight excluding hydrogens is 214 g/mol. The summed E-state index contributed by atoms with van der Waals surface area (Å²) in [6.07, 6.45) is 1.12. The predicted octanol–water partition coefficient (Wildman–Crippen LogP) is -0.993. The summed E-state index contributed by atoms with van der Waals surface area (Å²) in [6.45, 7) is 1.50. The molecule has 0 rings (SSSR count). The Balaban J connectivity index is 0. The first-order valence-electron chi connectivity index (χ1n) is 3.33. The van der Waals surface area contributed by atoms with Gasteiger partial charge in [-0.1, -0.05) is 0 Å². The van der Waals surface area contributed by atoms with Crippen LogP contribution in [-0.2, 0) is 19.6 Å². The van der Waals surface area contributed by atoms with Crippen LogP contribution < -0.4 is 5.14 Å². The van der Waals surface area contributed by atoms with E-state index in [9.17, 15) is 18.0 Å². The van der Waals surface area contributed by atoms with Crippen molar-refractivity contribution in [3.63, 3.8) is 0 Å². The molecule has 0 aliphatic carbocycles. The van der Waals surface area contributed by atoms with E-state index in [0.717, 1.165) is 0 Å². The van der Waals surface area contributed by atoms with Gasteiger partial charge in [-0.2, -0.15) is 0 Å². The molecule has 0 fully saturated rings. The van der Waals surface area contributed by atoms with Gasteiger partial charge in [0.15, 0.2) is 0 Å². The predicted molar refractivity (Wildman–Crippen MR) is 48.1 cm³/mol. The zero-order chi connectivity index (χ0) is 11.8. The molecule has 4 N–H and O–H groups in total. The molecule has 0 radical (unpaired) electrons. The van der Waals surface area contributed by atoms with E-state index in [1.54, 1.807) is 0 Å². The van der Waals surface area contributed by atoms with Gasteiger partial charge in [-0.25, -0.2) is 23.1 Å². The van der Waals surface area contributed by atoms with Gasteiger partial charge < -0.3 is 10.2 Å². The monoisotopic (exact) mass is 225 g/mol. The average Bonchev–Trinajstić information content (AvgIpc) is 2.01. The fourth-order valence-corrected chi connectivity index (χ4v) is 0.143. The highest BCUT2D eigenvalue weighted by Crippen LogP contribution is 1.70. The Hall–Kier alpha value is -1.41. The Morgan fingerprint density at radius 3 is 1.50 bits per heavy atom. The van der Waals surface area contributed by atoms with Crippen molar-refractivity contribution in [3.8, 4) is 0 Å². The van der Waals surface area contributed by atoms with E-state index in [1.807, 2.05) is 0 Å². The maximum absolute atomic E-state index is 9.78. The van der Waals surface area contributed by atoms with Crippen molar-refractivity contribution in [1.82, 2.24) is 0 Å². The molecule has 0 unspecified atom stereocenters. The highest BCUT2D eigenvalue weighted by atomic mass is 32.2. The van der Waals surface area contributed by atoms with Gasteiger partial charge in [0, 0.05) is 12.2 Å². The number of nitrogens with two attached hydrogens (primary N) is 1. The summed E-state index contributed by atoms with van der Waals surface area (Å²) in [7, 11) is -3.16. The summed E-state index contributed by atoms with van der Waals surface area (Å²) in [5.41, 5.74) is 0. The summed E-state index contributed by atoms with van der Waals surface area (Å²) in [4.78, 5) is 19.1. The molecule has 0 aromatic rings. The number of carbonyl (C=O) groups is 2. The third-order valence-electron chi connectivity index (χ3n) is 0.771. The maximum atomic E-state index is 9.78. The standard InChI is InChI=1S/C4H4O4.C2H7NO2S/c5-3(6)1-2-4(7)8;1-2-6(3,4)5/h1-2H,(H,5,6)(H,7,8);2H2,1H3,(H2,3,4,5). The maximum Gasteiger partial charge on any atom is 0.328 e. The van der Waals surface area contributed by atoms with Crippen LogP contribution in [0.2, 0.25) is 0 Å². The average molecular weight is 225 g/mol. The van der Waals surface area contributed by atoms with Gasteiger partial charge in [-0.3, -0.25) is 0 Å². The molecule has 0 aromatic heterocycles. The van der Waals surface area contributed by atoms with Crippen LogP contribution in [0.4, 0.5) is 0 Å². The van der Waals surface area contributed by atoms with Crippen molar-refractivity contribution in [3.05, 3.63) is 12.2 Å². The number of rotatable bonds is 3. The molecule has 0 aliphatic rings. The fourth-order valence-electron chi connectivity index (χ4n) is 0.143. The van der Waals surface area contributed by atoms with Crippen LogP contribution in [0, 0.1) is 0 Å². The van der Waals surface area contributed by atoms with Crippen LogP contribution in [0.3, 0.4) is 0 Å². The van der Waals surface area contributed by atoms with Crippen LogP contribution in [-0.4, -0.2) is 36.3 Å². The van der Waals surface area contributed by atoms with Crippen molar-refractivity contribution < 1.29 is 28.2 Å². The molecule has 0 atom stereocenters. The summed E-state index contributed by atoms with van der Waals surface area (Å²) < 4.78 is 19.6. The van der Waals surface area contributed by atoms with Crippen molar-refractivity contribution in [2.75, 3.05) is 5.75 Å². The third-order valence-corrected chi connectivity index (χ3v) is 1.58. The van der Waals surface area contributed by atoms with Gasteiger partial charge in [0.05, 0.1) is 5.75 Å². The van der Waals surface area contributed by atoms with E-state index < -0.39 is 22.0 Å². The summed E-state index contributed by atoms with van der Waals surface area (Å²) >= 11 is 0. The van der Waals surface area contributed by atoms with Gasteiger partial charge >= 0.3 is 11.9 Å². The zero-order valence-corrected chi connectivity index (χ0v) is 8.19. The first-order valence-corrected chi connectivity index (χ1v) is 5.05. The van der Waals surface area contributed by atoms with Gasteiger partial charge in [0.2, 0.25) is 10.0 Å². The van der Waals surface area contributed by atoms with Crippen LogP contribution in [0.1, 0.15) is 6.92 Å². The molecule has 0 amide bonds. The minimum absolute atomic E-state index is 0.0208. The number of sulfonamides is 1. The second kappa shape index (κ2) is 7.04. The van der Waals surface area contributed by atoms with Gasteiger partial charge in [-0.05, 0) is 6.92 Å². The second-order valence-corrected chi connectivity index (χ2v) is 3.86. The topological polar surface area (TPSA) is 135 Å². The highest BCUT2D eigenvalue weighted by Gasteiger charge is 1.91. The number of primary sulfonamides is 1. The largest absolute Gasteiger partial charge is 0.478 e. The van der Waals surface area contributed by atoms with Gasteiger partial charge in [0.25, 0.3) is 0 Å². The lowest BCUT2D eigenvalue weighted by Crippen LogP contribution is -2.13. The minimum Gasteiger partial charge on any atom is -0.478 e. The second-order valence-electron chi connectivity index (χ2n) is 1.96. The van der Waals surface area contributed by atoms with Crippen molar-refractivity contribution >= 4 is 22.0 Å². The molecule has 14 heavy (non-hydrogen) atoms. The normalized spacial score (nSPS) is 10.4. The van der Waals surface area contributed by atoms with E-state index in [1.165, 1.54) is 6.92 Å². The molecule has 0 aromatic carbocycles. The quantitative estimate of drug-likeness (QED) is 0.527. The SMILES string of the molecule is CCS(N)(=O)=O.O=C(O)C=CC(=O)O. The number of aliphatic carboxylic acids is 2. The molecule has 0 bridgehead atoms. The molecule has 8 heteroatoms. The van der Waals surface area contributed by atoms with Crippen LogP contribution >= 0.6 is 0 Å². The summed E-state index contributed by atoms with van der Waals surface area (Å²) in [6, 6.07) is 0. The first kappa shape index (κ1) is 15.1. The number of carboxylic acids is 2. The lowest BCUT2D eigenvalue weighted by Gasteiger charge is -1.81. The molecule has 82 valence electrons. The Labute approximate surface area is 80.9 Å². The Morgan fingerprint density at radius 1 is 1.21 bits per heavy atom. The Kier molecular flexibility index (Phi) is 7.58. The van der Waals surface area contributed by atoms with Crippen molar-refractivity contribution in [1.29, 1.82) is 0 Å². The smallest absolute Gasteiger partial charge is 0.328 e. The minimum atomic E-state index is -3.16. The van der Waals surface area contributed by atoms with E-state index in [2.05, 4.69) is 5.14 Å². The van der Waals surface area contributed by atoms with E-state index in [0.29, 0.717) is 12.2 Å². The molecular formula is C6H11NO6S. The van der Waals surface area contributed by atoms with E-state index in [4.69, 9.17) is 10.2 Å². The van der Waals surface area contributed by atoms with Crippen molar-refractivity contribution in [2.45, 2.75) is 6.92 Å². The van der Waals surface area contributed by atoms with Crippen LogP contribution in [0.25, 0.3) is 0 Å². The molecule has 0 saturated carbocycles. The van der Waals surface area contributed by atoms with Crippen LogP contribution in [0.15, 0.2) is 12.2 Å². The molecule has 0 saturated heterocycles. The van der Waals surface area contributed by atoms with E-state index in [-0.39, 0.29) is 5.75 Å². The summed E-state index contributed by atoms with van der Waals surface area (Å²) in [5.74, 6) is -2.49. The lowest BCUT2D eigenvalue weighted by atomic mass is 10.5. The molecule has 0 spiro atoms. The van der Waals surface area contributed by atoms with Gasteiger partial charge in [0.1, 0.15) is 0 Å². The zero-order valence-electron chi connectivity index (χ0n) is 7.37. The van der Waals surface area contributed by atoms with Crippen molar-refractivity contribution in [2.24, 2.45) is 5.14 Å². The molecule has 7 nitrogen and oxygen atoms in total. The van der Waals surface area contributed by atoms with Gasteiger partial charge in [-0.15, -0.1) is 0 Å². The fraction of sp³-hybridized carbons (Fsp3) is 0.333. The Morgan fingerprint density at radius 2 is 1.43 bits per heavy atom. The highest BCUT2D eigenvalue weighted by molar-refractivity contribution is 7.89. The Bertz CT molecular complexity index is 301. The number of carboxylic acid groups (broad SMARTS) is 2. The molecule has 0 aliphatic heterocycles. The number of hydrogen-bond acceptors (Lipinski definition) is 4. The summed E-state index contributed by atoms with van der Waals surface area (Å²) in [5, 5.41) is 20.1.